The number of carbonyl (C=O) groups is 2. The van der Waals surface area contributed by atoms with Gasteiger partial charge in [-0.15, -0.1) is 0 Å². The Morgan fingerprint density at radius 2 is 1.04 bits per heavy atom. The van der Waals surface area contributed by atoms with Crippen LogP contribution < -0.4 is 0 Å². The molecule has 0 bridgehead atoms. The maximum atomic E-state index is 13.1. The molecule has 6 aromatic rings. The van der Waals surface area contributed by atoms with E-state index in [-0.39, 0.29) is 29.3 Å². The number of carbonyl (C=O) groups excluding carboxylic acids is 2. The van der Waals surface area contributed by atoms with Crippen LogP contribution in [0.15, 0.2) is 150 Å². The lowest BCUT2D eigenvalue weighted by Gasteiger charge is -2.45. The van der Waals surface area contributed by atoms with Crippen molar-refractivity contribution >= 4 is 68.2 Å². The van der Waals surface area contributed by atoms with Crippen molar-refractivity contribution in [2.75, 3.05) is 83.7 Å². The first-order valence-corrected chi connectivity index (χ1v) is 29.1. The molecule has 4 aliphatic rings. The minimum atomic E-state index is -0.643. The van der Waals surface area contributed by atoms with Gasteiger partial charge in [0.15, 0.2) is 0 Å². The SMILES string of the molecule is CN(CC(CCN1CCC2(CC1)OCc1ccccc12)c1ccc(Cl)c(Cl)c1)C(=O)c1ccccc1.CN(CC(CCN1CCS2(CCc3ccccc32)CC1)c1ccc(Cl)c(Cl)c1)C(=O)c1ccccc1. The first kappa shape index (κ1) is 52.5. The van der Waals surface area contributed by atoms with Gasteiger partial charge in [0.2, 0.25) is 0 Å². The Bertz CT molecular complexity index is 2610. The molecule has 378 valence electrons. The molecule has 6 aromatic carbocycles. The first-order chi connectivity index (χ1) is 34.9. The van der Waals surface area contributed by atoms with Gasteiger partial charge in [-0.2, -0.15) is 0 Å². The summed E-state index contributed by atoms with van der Waals surface area (Å²) >= 11 is 25.2. The van der Waals surface area contributed by atoms with E-state index < -0.39 is 10.0 Å². The quantitative estimate of drug-likeness (QED) is 0.109. The highest BCUT2D eigenvalue weighted by Crippen LogP contribution is 2.62. The van der Waals surface area contributed by atoms with Gasteiger partial charge in [-0.3, -0.25) is 9.59 Å². The van der Waals surface area contributed by atoms with Crippen molar-refractivity contribution in [1.82, 2.24) is 19.6 Å². The van der Waals surface area contributed by atoms with Crippen molar-refractivity contribution in [3.63, 3.8) is 0 Å². The molecule has 2 atom stereocenters. The Balaban J connectivity index is 0.000000178. The zero-order valence-corrected chi connectivity index (χ0v) is 45.3. The number of halogens is 4. The number of likely N-dealkylation sites (N-methyl/N-ethyl adjacent to an activating group) is 2. The Kier molecular flexibility index (Phi) is 17.4. The van der Waals surface area contributed by atoms with E-state index in [9.17, 15) is 9.59 Å². The molecule has 2 unspecified atom stereocenters. The van der Waals surface area contributed by atoms with Crippen LogP contribution in [0.5, 0.6) is 0 Å². The zero-order chi connectivity index (χ0) is 50.2. The van der Waals surface area contributed by atoms with E-state index in [4.69, 9.17) is 51.1 Å². The molecule has 0 aromatic heterocycles. The lowest BCUT2D eigenvalue weighted by atomic mass is 9.83. The van der Waals surface area contributed by atoms with Crippen LogP contribution in [0.4, 0.5) is 0 Å². The van der Waals surface area contributed by atoms with E-state index in [2.05, 4.69) is 64.4 Å². The molecule has 2 spiro atoms. The summed E-state index contributed by atoms with van der Waals surface area (Å²) in [6, 6.07) is 48.5. The standard InChI is InChI=1S/C30H32Cl2N2O2.C30H34Cl2N2OS/c1-33(29(35)22-7-3-2-4-8-22)20-24(23-11-12-27(31)28(32)19-23)13-16-34-17-14-30(15-18-34)26-10-6-5-9-25(26)21-36-30;1-33(30(35)24-8-3-2-4-9-24)22-26(25-11-12-27(31)28(32)21-25)13-15-34-16-19-36(20-17-34)18-14-23-7-5-6-10-29(23)36/h2-12,19,24H,13-18,20-21H2,1H3;2-12,21,26H,13-20,22H2,1H3. The molecule has 12 heteroatoms. The predicted octanol–water partition coefficient (Wildman–Crippen LogP) is 13.7. The van der Waals surface area contributed by atoms with Crippen molar-refractivity contribution in [1.29, 1.82) is 0 Å². The van der Waals surface area contributed by atoms with Gasteiger partial charge >= 0.3 is 0 Å². The van der Waals surface area contributed by atoms with Gasteiger partial charge < -0.3 is 24.3 Å². The summed E-state index contributed by atoms with van der Waals surface area (Å²) in [5, 5.41) is 2.23. The molecule has 2 fully saturated rings. The molecule has 4 heterocycles. The fraction of sp³-hybridized carbons (Fsp3) is 0.367. The molecule has 0 radical (unpaired) electrons. The zero-order valence-electron chi connectivity index (χ0n) is 41.5. The second-order valence-electron chi connectivity index (χ2n) is 20.1. The number of fused-ring (bicyclic) bond motifs is 4. The highest BCUT2D eigenvalue weighted by molar-refractivity contribution is 8.34. The van der Waals surface area contributed by atoms with E-state index in [0.717, 1.165) is 82.7 Å². The maximum absolute atomic E-state index is 13.1. The monoisotopic (exact) mass is 1060 g/mol. The van der Waals surface area contributed by atoms with Crippen molar-refractivity contribution in [3.8, 4) is 0 Å². The number of hydrogen-bond acceptors (Lipinski definition) is 5. The third-order valence-electron chi connectivity index (χ3n) is 15.6. The normalized spacial score (nSPS) is 18.1. The van der Waals surface area contributed by atoms with Gasteiger partial charge in [0.05, 0.1) is 32.3 Å². The number of rotatable bonds is 14. The molecule has 72 heavy (non-hydrogen) atoms. The molecule has 7 nitrogen and oxygen atoms in total. The molecule has 0 N–H and O–H groups in total. The Morgan fingerprint density at radius 1 is 0.569 bits per heavy atom. The highest BCUT2D eigenvalue weighted by atomic mass is 35.5. The first-order valence-electron chi connectivity index (χ1n) is 25.4. The van der Waals surface area contributed by atoms with Gasteiger partial charge in [0.1, 0.15) is 0 Å². The molecule has 0 aliphatic carbocycles. The van der Waals surface area contributed by atoms with Crippen LogP contribution in [0.3, 0.4) is 0 Å². The summed E-state index contributed by atoms with van der Waals surface area (Å²) in [4.78, 5) is 36.6. The van der Waals surface area contributed by atoms with E-state index in [1.165, 1.54) is 34.8 Å². The highest BCUT2D eigenvalue weighted by Gasteiger charge is 2.42. The predicted molar refractivity (Wildman–Crippen MR) is 300 cm³/mol. The van der Waals surface area contributed by atoms with Crippen LogP contribution in [0.25, 0.3) is 0 Å². The van der Waals surface area contributed by atoms with Crippen molar-refractivity contribution < 1.29 is 14.3 Å². The smallest absolute Gasteiger partial charge is 0.253 e. The third-order valence-corrected chi connectivity index (χ3v) is 21.3. The number of hydrogen-bond donors (Lipinski definition) is 0. The number of ether oxygens (including phenoxy) is 1. The molecule has 2 saturated heterocycles. The second-order valence-corrected chi connectivity index (χ2v) is 25.4. The minimum absolute atomic E-state index is 0.0256. The number of amides is 2. The van der Waals surface area contributed by atoms with E-state index in [0.29, 0.717) is 44.3 Å². The summed E-state index contributed by atoms with van der Waals surface area (Å²) in [5.74, 6) is 4.41. The minimum Gasteiger partial charge on any atom is -0.365 e. The van der Waals surface area contributed by atoms with Crippen molar-refractivity contribution in [2.24, 2.45) is 0 Å². The topological polar surface area (TPSA) is 56.3 Å². The number of benzene rings is 6. The van der Waals surface area contributed by atoms with E-state index in [1.807, 2.05) is 115 Å². The average molecular weight is 1070 g/mol. The Labute approximate surface area is 448 Å². The summed E-state index contributed by atoms with van der Waals surface area (Å²) < 4.78 is 6.34. The fourth-order valence-electron chi connectivity index (χ4n) is 11.3. The van der Waals surface area contributed by atoms with Crippen molar-refractivity contribution in [3.05, 3.63) is 205 Å². The van der Waals surface area contributed by atoms with Crippen LogP contribution in [-0.4, -0.2) is 115 Å². The molecular formula is C60H66Cl4N4O3S. The number of likely N-dealkylation sites (tertiary alicyclic amines) is 1. The molecule has 10 rings (SSSR count). The maximum Gasteiger partial charge on any atom is 0.253 e. The number of piperidine rings is 1. The molecule has 2 amide bonds. The van der Waals surface area contributed by atoms with Gasteiger partial charge in [-0.05, 0) is 150 Å². The van der Waals surface area contributed by atoms with E-state index >= 15 is 0 Å². The van der Waals surface area contributed by atoms with Crippen LogP contribution >= 0.6 is 56.4 Å². The summed E-state index contributed by atoms with van der Waals surface area (Å²) in [6.07, 6.45) is 5.17. The fourth-order valence-corrected chi connectivity index (χ4v) is 16.1. The lowest BCUT2D eigenvalue weighted by molar-refractivity contribution is -0.0790. The third kappa shape index (κ3) is 12.3. The van der Waals surface area contributed by atoms with Crippen LogP contribution in [0.1, 0.15) is 86.1 Å². The van der Waals surface area contributed by atoms with Crippen LogP contribution in [0.2, 0.25) is 20.1 Å². The van der Waals surface area contributed by atoms with Gasteiger partial charge in [0, 0.05) is 76.3 Å². The number of aryl methyl sites for hydroxylation is 1. The molecule has 0 saturated carbocycles. The van der Waals surface area contributed by atoms with Gasteiger partial charge in [-0.25, -0.2) is 10.0 Å². The second kappa shape index (κ2) is 23.9. The lowest BCUT2D eigenvalue weighted by Crippen LogP contribution is -2.43. The van der Waals surface area contributed by atoms with Gasteiger partial charge in [-0.1, -0.05) is 137 Å². The van der Waals surface area contributed by atoms with Crippen molar-refractivity contribution in [2.45, 2.75) is 61.0 Å². The summed E-state index contributed by atoms with van der Waals surface area (Å²) in [6.45, 7) is 8.28. The summed E-state index contributed by atoms with van der Waals surface area (Å²) in [7, 11) is 3.13. The van der Waals surface area contributed by atoms with Crippen LogP contribution in [-0.2, 0) is 23.4 Å². The van der Waals surface area contributed by atoms with E-state index in [1.54, 1.807) is 10.5 Å². The molecule has 4 aliphatic heterocycles. The van der Waals surface area contributed by atoms with Crippen LogP contribution in [0, 0.1) is 0 Å². The molecular weight excluding hydrogens is 999 g/mol. The Morgan fingerprint density at radius 3 is 1.57 bits per heavy atom. The Hall–Kier alpha value is -4.35. The average Bonchev–Trinajstić information content (AvgIpc) is 3.96. The largest absolute Gasteiger partial charge is 0.365 e. The van der Waals surface area contributed by atoms with Gasteiger partial charge in [0.25, 0.3) is 11.8 Å². The summed E-state index contributed by atoms with van der Waals surface area (Å²) in [5.41, 5.74) is 7.83. The number of nitrogens with zero attached hydrogens (tertiary/aromatic N) is 4.